The van der Waals surface area contributed by atoms with Gasteiger partial charge in [-0.3, -0.25) is 4.98 Å². The van der Waals surface area contributed by atoms with E-state index < -0.39 is 0 Å². The second kappa shape index (κ2) is 7.74. The predicted molar refractivity (Wildman–Crippen MR) is 81.5 cm³/mol. The van der Waals surface area contributed by atoms with Crippen molar-refractivity contribution in [2.24, 2.45) is 5.92 Å². The van der Waals surface area contributed by atoms with E-state index in [0.717, 1.165) is 17.9 Å². The molecule has 2 aromatic rings. The molecule has 3 nitrogen and oxygen atoms in total. The number of rotatable bonds is 7. The van der Waals surface area contributed by atoms with Crippen LogP contribution in [0, 0.1) is 11.7 Å². The van der Waals surface area contributed by atoms with Crippen LogP contribution >= 0.6 is 0 Å². The molecule has 0 saturated carbocycles. The highest BCUT2D eigenvalue weighted by Crippen LogP contribution is 2.19. The average Bonchev–Trinajstić information content (AvgIpc) is 2.47. The molecule has 4 heteroatoms. The third-order valence-corrected chi connectivity index (χ3v) is 3.07. The van der Waals surface area contributed by atoms with E-state index in [1.54, 1.807) is 30.6 Å². The first kappa shape index (κ1) is 15.4. The number of nitrogens with one attached hydrogen (secondary N) is 1. The molecule has 21 heavy (non-hydrogen) atoms. The summed E-state index contributed by atoms with van der Waals surface area (Å²) in [6.45, 7) is 6.16. The second-order valence-corrected chi connectivity index (χ2v) is 5.39. The van der Waals surface area contributed by atoms with Crippen LogP contribution in [-0.4, -0.2) is 11.5 Å². The normalized spacial score (nSPS) is 10.9. The second-order valence-electron chi connectivity index (χ2n) is 5.39. The van der Waals surface area contributed by atoms with Gasteiger partial charge in [0, 0.05) is 30.1 Å². The van der Waals surface area contributed by atoms with Gasteiger partial charge in [0.05, 0.1) is 0 Å². The zero-order chi connectivity index (χ0) is 15.1. The number of hydrogen-bond acceptors (Lipinski definition) is 3. The molecule has 0 aliphatic heterocycles. The molecule has 0 spiro atoms. The maximum absolute atomic E-state index is 13.6. The van der Waals surface area contributed by atoms with Crippen molar-refractivity contribution in [3.8, 4) is 5.75 Å². The molecule has 2 rings (SSSR count). The quantitative estimate of drug-likeness (QED) is 0.846. The molecular formula is C17H21FN2O. The number of halogens is 1. The van der Waals surface area contributed by atoms with Gasteiger partial charge in [-0.25, -0.2) is 4.39 Å². The number of hydrogen-bond donors (Lipinski definition) is 1. The summed E-state index contributed by atoms with van der Waals surface area (Å²) in [5.74, 6) is 1.08. The lowest BCUT2D eigenvalue weighted by atomic mass is 10.2. The Balaban J connectivity index is 1.98. The fourth-order valence-corrected chi connectivity index (χ4v) is 1.95. The Hall–Kier alpha value is -1.94. The van der Waals surface area contributed by atoms with E-state index >= 15 is 0 Å². The molecule has 0 atom stereocenters. The van der Waals surface area contributed by atoms with E-state index in [-0.39, 0.29) is 12.4 Å². The van der Waals surface area contributed by atoms with Gasteiger partial charge in [-0.2, -0.15) is 0 Å². The lowest BCUT2D eigenvalue weighted by Gasteiger charge is -2.13. The molecule has 1 aromatic carbocycles. The van der Waals surface area contributed by atoms with Gasteiger partial charge in [-0.1, -0.05) is 32.0 Å². The van der Waals surface area contributed by atoms with Crippen LogP contribution in [0.3, 0.4) is 0 Å². The van der Waals surface area contributed by atoms with E-state index in [0.29, 0.717) is 18.0 Å². The molecule has 0 fully saturated rings. The topological polar surface area (TPSA) is 34.2 Å². The van der Waals surface area contributed by atoms with Crippen LogP contribution in [0.15, 0.2) is 42.7 Å². The molecule has 1 N–H and O–H groups in total. The van der Waals surface area contributed by atoms with Crippen LogP contribution in [0.25, 0.3) is 0 Å². The minimum atomic E-state index is -0.244. The number of pyridine rings is 1. The monoisotopic (exact) mass is 288 g/mol. The van der Waals surface area contributed by atoms with Crippen molar-refractivity contribution in [2.75, 3.05) is 6.54 Å². The van der Waals surface area contributed by atoms with Gasteiger partial charge in [0.1, 0.15) is 18.2 Å². The first-order chi connectivity index (χ1) is 10.2. The van der Waals surface area contributed by atoms with Gasteiger partial charge in [-0.15, -0.1) is 0 Å². The van der Waals surface area contributed by atoms with Crippen molar-refractivity contribution < 1.29 is 9.13 Å². The molecular weight excluding hydrogens is 267 g/mol. The highest BCUT2D eigenvalue weighted by molar-refractivity contribution is 5.30. The summed E-state index contributed by atoms with van der Waals surface area (Å²) in [5.41, 5.74) is 1.53. The van der Waals surface area contributed by atoms with Crippen molar-refractivity contribution in [1.29, 1.82) is 0 Å². The lowest BCUT2D eigenvalue weighted by molar-refractivity contribution is 0.295. The van der Waals surface area contributed by atoms with Gasteiger partial charge in [0.15, 0.2) is 0 Å². The zero-order valence-electron chi connectivity index (χ0n) is 12.5. The number of nitrogens with zero attached hydrogens (tertiary/aromatic N) is 1. The fourth-order valence-electron chi connectivity index (χ4n) is 1.95. The molecule has 112 valence electrons. The zero-order valence-corrected chi connectivity index (χ0v) is 12.5. The van der Waals surface area contributed by atoms with E-state index in [4.69, 9.17) is 4.74 Å². The number of aromatic nitrogens is 1. The smallest absolute Gasteiger partial charge is 0.129 e. The predicted octanol–water partition coefficient (Wildman–Crippen LogP) is 3.55. The summed E-state index contributed by atoms with van der Waals surface area (Å²) in [6, 6.07) is 8.46. The van der Waals surface area contributed by atoms with E-state index in [1.807, 2.05) is 6.07 Å². The summed E-state index contributed by atoms with van der Waals surface area (Å²) >= 11 is 0. The number of ether oxygens (including phenoxy) is 1. The van der Waals surface area contributed by atoms with Gasteiger partial charge >= 0.3 is 0 Å². The molecule has 0 aliphatic carbocycles. The standard InChI is InChI=1S/C17H21FN2O/c1-13(2)9-20-11-15-10-19-8-7-17(15)21-12-14-5-3-4-6-16(14)18/h3-8,10,13,20H,9,11-12H2,1-2H3. The lowest BCUT2D eigenvalue weighted by Crippen LogP contribution is -2.19. The summed E-state index contributed by atoms with van der Waals surface area (Å²) in [7, 11) is 0. The molecule has 0 amide bonds. The molecule has 0 aliphatic rings. The van der Waals surface area contributed by atoms with Crippen molar-refractivity contribution in [3.05, 3.63) is 59.7 Å². The first-order valence-electron chi connectivity index (χ1n) is 7.16. The average molecular weight is 288 g/mol. The number of benzene rings is 1. The van der Waals surface area contributed by atoms with E-state index in [9.17, 15) is 4.39 Å². The Morgan fingerprint density at radius 2 is 2.00 bits per heavy atom. The van der Waals surface area contributed by atoms with Gasteiger partial charge in [-0.05, 0) is 24.6 Å². The third-order valence-electron chi connectivity index (χ3n) is 3.07. The molecule has 0 bridgehead atoms. The van der Waals surface area contributed by atoms with Crippen molar-refractivity contribution in [3.63, 3.8) is 0 Å². The van der Waals surface area contributed by atoms with Crippen LogP contribution < -0.4 is 10.1 Å². The van der Waals surface area contributed by atoms with Crippen molar-refractivity contribution in [1.82, 2.24) is 10.3 Å². The van der Waals surface area contributed by atoms with Gasteiger partial charge in [0.2, 0.25) is 0 Å². The molecule has 0 radical (unpaired) electrons. The highest BCUT2D eigenvalue weighted by atomic mass is 19.1. The largest absolute Gasteiger partial charge is 0.488 e. The maximum atomic E-state index is 13.6. The fraction of sp³-hybridized carbons (Fsp3) is 0.353. The van der Waals surface area contributed by atoms with Crippen LogP contribution in [-0.2, 0) is 13.2 Å². The van der Waals surface area contributed by atoms with E-state index in [1.165, 1.54) is 6.07 Å². The van der Waals surface area contributed by atoms with E-state index in [2.05, 4.69) is 24.1 Å². The van der Waals surface area contributed by atoms with Gasteiger partial charge in [0.25, 0.3) is 0 Å². The molecule has 0 saturated heterocycles. The Kier molecular flexibility index (Phi) is 5.69. The van der Waals surface area contributed by atoms with Gasteiger partial charge < -0.3 is 10.1 Å². The summed E-state index contributed by atoms with van der Waals surface area (Å²) in [4.78, 5) is 4.12. The molecule has 1 aromatic heterocycles. The summed E-state index contributed by atoms with van der Waals surface area (Å²) < 4.78 is 19.3. The first-order valence-corrected chi connectivity index (χ1v) is 7.16. The maximum Gasteiger partial charge on any atom is 0.129 e. The molecule has 0 unspecified atom stereocenters. The molecule has 1 heterocycles. The van der Waals surface area contributed by atoms with Crippen molar-refractivity contribution in [2.45, 2.75) is 27.0 Å². The Bertz CT molecular complexity index is 572. The Labute approximate surface area is 125 Å². The Morgan fingerprint density at radius 1 is 1.19 bits per heavy atom. The van der Waals surface area contributed by atoms with Crippen LogP contribution in [0.4, 0.5) is 4.39 Å². The van der Waals surface area contributed by atoms with Crippen molar-refractivity contribution >= 4 is 0 Å². The minimum absolute atomic E-state index is 0.216. The summed E-state index contributed by atoms with van der Waals surface area (Å²) in [6.07, 6.45) is 3.46. The van der Waals surface area contributed by atoms with Crippen LogP contribution in [0.1, 0.15) is 25.0 Å². The SMILES string of the molecule is CC(C)CNCc1cnccc1OCc1ccccc1F. The van der Waals surface area contributed by atoms with Crippen LogP contribution in [0.2, 0.25) is 0 Å². The highest BCUT2D eigenvalue weighted by Gasteiger charge is 2.06. The summed E-state index contributed by atoms with van der Waals surface area (Å²) in [5, 5.41) is 3.36. The third kappa shape index (κ3) is 4.83. The van der Waals surface area contributed by atoms with Crippen LogP contribution in [0.5, 0.6) is 5.75 Å². The Morgan fingerprint density at radius 3 is 2.76 bits per heavy atom. The minimum Gasteiger partial charge on any atom is -0.488 e.